The van der Waals surface area contributed by atoms with Gasteiger partial charge in [-0.2, -0.15) is 0 Å². The Labute approximate surface area is 159 Å². The number of rotatable bonds is 6. The van der Waals surface area contributed by atoms with Crippen LogP contribution in [0.15, 0.2) is 84.9 Å². The Kier molecular flexibility index (Phi) is 6.00. The van der Waals surface area contributed by atoms with Crippen molar-refractivity contribution in [2.24, 2.45) is 0 Å². The zero-order chi connectivity index (χ0) is 19.1. The first-order valence-electron chi connectivity index (χ1n) is 8.89. The quantitative estimate of drug-likeness (QED) is 0.679. The summed E-state index contributed by atoms with van der Waals surface area (Å²) in [6.45, 7) is 1.45. The molecule has 0 heterocycles. The van der Waals surface area contributed by atoms with Gasteiger partial charge in [0.15, 0.2) is 0 Å². The van der Waals surface area contributed by atoms with E-state index >= 15 is 0 Å². The fourth-order valence-electron chi connectivity index (χ4n) is 2.96. The maximum Gasteiger partial charge on any atom is 0.226 e. The minimum Gasteiger partial charge on any atom is -0.349 e. The molecule has 1 unspecified atom stereocenters. The Bertz CT molecular complexity index is 891. The summed E-state index contributed by atoms with van der Waals surface area (Å²) in [5.41, 5.74) is 3.86. The molecule has 0 saturated carbocycles. The molecule has 3 aromatic carbocycles. The summed E-state index contributed by atoms with van der Waals surface area (Å²) in [6, 6.07) is 26.9. The minimum absolute atomic E-state index is 0.148. The second-order valence-corrected chi connectivity index (χ2v) is 6.36. The van der Waals surface area contributed by atoms with Gasteiger partial charge in [-0.1, -0.05) is 72.8 Å². The number of anilines is 1. The van der Waals surface area contributed by atoms with Crippen LogP contribution < -0.4 is 10.6 Å². The minimum atomic E-state index is -0.354. The van der Waals surface area contributed by atoms with Crippen molar-refractivity contribution in [3.63, 3.8) is 0 Å². The predicted molar refractivity (Wildman–Crippen MR) is 108 cm³/mol. The molecule has 3 rings (SSSR count). The van der Waals surface area contributed by atoms with Crippen LogP contribution in [0.3, 0.4) is 0 Å². The van der Waals surface area contributed by atoms with Crippen LogP contribution in [0.5, 0.6) is 0 Å². The van der Waals surface area contributed by atoms with Crippen molar-refractivity contribution in [2.75, 3.05) is 5.32 Å². The van der Waals surface area contributed by atoms with Crippen molar-refractivity contribution in [1.82, 2.24) is 5.32 Å². The average Bonchev–Trinajstić information content (AvgIpc) is 2.69. The second kappa shape index (κ2) is 8.81. The van der Waals surface area contributed by atoms with Crippen LogP contribution in [-0.4, -0.2) is 11.8 Å². The highest BCUT2D eigenvalue weighted by atomic mass is 16.2. The second-order valence-electron chi connectivity index (χ2n) is 6.36. The molecule has 2 N–H and O–H groups in total. The average molecular weight is 358 g/mol. The summed E-state index contributed by atoms with van der Waals surface area (Å²) in [5.74, 6) is -0.311. The summed E-state index contributed by atoms with van der Waals surface area (Å²) < 4.78 is 0. The Balaban J connectivity index is 1.66. The summed E-state index contributed by atoms with van der Waals surface area (Å²) in [4.78, 5) is 24.0. The molecule has 0 radical (unpaired) electrons. The predicted octanol–water partition coefficient (Wildman–Crippen LogP) is 4.56. The van der Waals surface area contributed by atoms with Crippen molar-refractivity contribution in [3.05, 3.63) is 90.5 Å². The molecule has 0 bridgehead atoms. The number of hydrogen-bond donors (Lipinski definition) is 2. The number of carbonyl (C=O) groups is 2. The molecule has 27 heavy (non-hydrogen) atoms. The van der Waals surface area contributed by atoms with Gasteiger partial charge >= 0.3 is 0 Å². The van der Waals surface area contributed by atoms with E-state index in [-0.39, 0.29) is 24.3 Å². The van der Waals surface area contributed by atoms with E-state index in [4.69, 9.17) is 0 Å². The van der Waals surface area contributed by atoms with Crippen LogP contribution in [0, 0.1) is 0 Å². The van der Waals surface area contributed by atoms with E-state index in [1.54, 1.807) is 0 Å². The largest absolute Gasteiger partial charge is 0.349 e. The van der Waals surface area contributed by atoms with Crippen LogP contribution in [0.4, 0.5) is 5.69 Å². The summed E-state index contributed by atoms with van der Waals surface area (Å²) in [5, 5.41) is 5.75. The van der Waals surface area contributed by atoms with Gasteiger partial charge in [-0.25, -0.2) is 0 Å². The van der Waals surface area contributed by atoms with Crippen LogP contribution in [0.2, 0.25) is 0 Å². The lowest BCUT2D eigenvalue weighted by Crippen LogP contribution is -2.29. The number of carbonyl (C=O) groups excluding carboxylic acids is 2. The maximum atomic E-state index is 12.5. The zero-order valence-corrected chi connectivity index (χ0v) is 15.2. The maximum absolute atomic E-state index is 12.5. The van der Waals surface area contributed by atoms with Gasteiger partial charge in [0.05, 0.1) is 12.5 Å². The van der Waals surface area contributed by atoms with Crippen molar-refractivity contribution in [1.29, 1.82) is 0 Å². The van der Waals surface area contributed by atoms with Gasteiger partial charge in [0.1, 0.15) is 0 Å². The highest BCUT2D eigenvalue weighted by Gasteiger charge is 2.17. The first-order valence-corrected chi connectivity index (χ1v) is 8.89. The molecular weight excluding hydrogens is 336 g/mol. The molecule has 1 atom stereocenters. The molecule has 0 aliphatic rings. The summed E-state index contributed by atoms with van der Waals surface area (Å²) >= 11 is 0. The van der Waals surface area contributed by atoms with Crippen LogP contribution >= 0.6 is 0 Å². The fraction of sp³-hybridized carbons (Fsp3) is 0.130. The normalized spacial score (nSPS) is 11.4. The Hall–Kier alpha value is -3.40. The first-order chi connectivity index (χ1) is 13.1. The van der Waals surface area contributed by atoms with Crippen molar-refractivity contribution in [3.8, 4) is 11.1 Å². The molecule has 0 fully saturated rings. The smallest absolute Gasteiger partial charge is 0.226 e. The van der Waals surface area contributed by atoms with Crippen molar-refractivity contribution in [2.45, 2.75) is 19.4 Å². The van der Waals surface area contributed by atoms with Gasteiger partial charge in [-0.15, -0.1) is 0 Å². The highest BCUT2D eigenvalue weighted by Crippen LogP contribution is 2.22. The molecule has 0 spiro atoms. The molecule has 0 aliphatic heterocycles. The SMILES string of the molecule is CC(=O)NC(CC(=O)Nc1ccc(-c2ccccc2)cc1)c1ccccc1. The molecule has 0 aliphatic carbocycles. The molecule has 3 aromatic rings. The fourth-order valence-corrected chi connectivity index (χ4v) is 2.96. The summed E-state index contributed by atoms with van der Waals surface area (Å²) in [7, 11) is 0. The van der Waals surface area contributed by atoms with E-state index in [9.17, 15) is 9.59 Å². The van der Waals surface area contributed by atoms with Gasteiger partial charge in [0.2, 0.25) is 11.8 Å². The lowest BCUT2D eigenvalue weighted by atomic mass is 10.0. The van der Waals surface area contributed by atoms with Gasteiger partial charge in [0.25, 0.3) is 0 Å². The van der Waals surface area contributed by atoms with E-state index in [1.807, 2.05) is 84.9 Å². The Morgan fingerprint density at radius 3 is 1.93 bits per heavy atom. The first kappa shape index (κ1) is 18.4. The summed E-state index contributed by atoms with van der Waals surface area (Å²) in [6.07, 6.45) is 0.171. The van der Waals surface area contributed by atoms with E-state index in [2.05, 4.69) is 10.6 Å². The Morgan fingerprint density at radius 2 is 1.33 bits per heavy atom. The van der Waals surface area contributed by atoms with Crippen LogP contribution in [-0.2, 0) is 9.59 Å². The monoisotopic (exact) mass is 358 g/mol. The van der Waals surface area contributed by atoms with Crippen molar-refractivity contribution >= 4 is 17.5 Å². The van der Waals surface area contributed by atoms with Crippen LogP contribution in [0.1, 0.15) is 24.9 Å². The van der Waals surface area contributed by atoms with Crippen LogP contribution in [0.25, 0.3) is 11.1 Å². The lowest BCUT2D eigenvalue weighted by Gasteiger charge is -2.18. The third-order valence-electron chi connectivity index (χ3n) is 4.24. The molecule has 0 aromatic heterocycles. The lowest BCUT2D eigenvalue weighted by molar-refractivity contribution is -0.120. The third kappa shape index (κ3) is 5.28. The van der Waals surface area contributed by atoms with E-state index < -0.39 is 0 Å². The molecule has 4 heteroatoms. The molecule has 2 amide bonds. The van der Waals surface area contributed by atoms with Gasteiger partial charge in [0, 0.05) is 12.6 Å². The van der Waals surface area contributed by atoms with Crippen molar-refractivity contribution < 1.29 is 9.59 Å². The number of hydrogen-bond acceptors (Lipinski definition) is 2. The molecule has 136 valence electrons. The van der Waals surface area contributed by atoms with Gasteiger partial charge < -0.3 is 10.6 Å². The van der Waals surface area contributed by atoms with E-state index in [0.717, 1.165) is 22.4 Å². The number of nitrogens with one attached hydrogen (secondary N) is 2. The van der Waals surface area contributed by atoms with Gasteiger partial charge in [-0.05, 0) is 28.8 Å². The highest BCUT2D eigenvalue weighted by molar-refractivity contribution is 5.92. The topological polar surface area (TPSA) is 58.2 Å². The number of amides is 2. The molecular formula is C23H22N2O2. The zero-order valence-electron chi connectivity index (χ0n) is 15.2. The molecule has 0 saturated heterocycles. The van der Waals surface area contributed by atoms with E-state index in [1.165, 1.54) is 6.92 Å². The van der Waals surface area contributed by atoms with E-state index in [0.29, 0.717) is 0 Å². The van der Waals surface area contributed by atoms with Gasteiger partial charge in [-0.3, -0.25) is 9.59 Å². The third-order valence-corrected chi connectivity index (χ3v) is 4.24. The molecule has 4 nitrogen and oxygen atoms in total. The standard InChI is InChI=1S/C23H22N2O2/c1-17(26)24-22(20-10-6-3-7-11-20)16-23(27)25-21-14-12-19(13-15-21)18-8-4-2-5-9-18/h2-15,22H,16H2,1H3,(H,24,26)(H,25,27). The number of benzene rings is 3. The Morgan fingerprint density at radius 1 is 0.778 bits per heavy atom.